The summed E-state index contributed by atoms with van der Waals surface area (Å²) in [5, 5.41) is 3.94. The quantitative estimate of drug-likeness (QED) is 0.793. The van der Waals surface area contributed by atoms with Gasteiger partial charge in [0.25, 0.3) is 5.91 Å². The van der Waals surface area contributed by atoms with Gasteiger partial charge in [0.2, 0.25) is 0 Å². The molecule has 0 bridgehead atoms. The normalized spacial score (nSPS) is 23.9. The lowest BCUT2D eigenvalue weighted by Crippen LogP contribution is -2.31. The van der Waals surface area contributed by atoms with Crippen LogP contribution < -0.4 is 11.1 Å². The summed E-state index contributed by atoms with van der Waals surface area (Å²) < 4.78 is 0. The average Bonchev–Trinajstić information content (AvgIpc) is 3.00. The standard InChI is InChI=1S/C19H22N4O/c20-16-4-2-1-3-12-11-13(5-6-14(12)16)19(24)23-17-8-10-22-18-15(17)7-9-21-18/h5,7-11,14,16H,1-4,6,20H2,(H2,21,22,23,24)/t14?,16-/m0/s1. The molecule has 5 heteroatoms. The highest BCUT2D eigenvalue weighted by Crippen LogP contribution is 2.34. The summed E-state index contributed by atoms with van der Waals surface area (Å²) >= 11 is 0. The first-order valence-corrected chi connectivity index (χ1v) is 8.62. The summed E-state index contributed by atoms with van der Waals surface area (Å²) in [6, 6.07) is 3.97. The highest BCUT2D eigenvalue weighted by atomic mass is 16.1. The fraction of sp³-hybridized carbons (Fsp3) is 0.368. The first kappa shape index (κ1) is 15.1. The second-order valence-electron chi connectivity index (χ2n) is 6.68. The molecule has 2 heterocycles. The van der Waals surface area contributed by atoms with Gasteiger partial charge in [-0.05, 0) is 43.7 Å². The minimum Gasteiger partial charge on any atom is -0.346 e. The highest BCUT2D eigenvalue weighted by molar-refractivity contribution is 6.09. The number of allylic oxidation sites excluding steroid dienone is 1. The predicted octanol–water partition coefficient (Wildman–Crippen LogP) is 3.28. The van der Waals surface area contributed by atoms with Gasteiger partial charge < -0.3 is 16.0 Å². The van der Waals surface area contributed by atoms with E-state index >= 15 is 0 Å². The van der Waals surface area contributed by atoms with E-state index in [0.717, 1.165) is 41.6 Å². The minimum absolute atomic E-state index is 0.0625. The summed E-state index contributed by atoms with van der Waals surface area (Å²) in [6.07, 6.45) is 13.0. The van der Waals surface area contributed by atoms with Crippen molar-refractivity contribution in [2.45, 2.75) is 38.1 Å². The van der Waals surface area contributed by atoms with Crippen molar-refractivity contribution in [3.8, 4) is 0 Å². The molecule has 1 unspecified atom stereocenters. The Morgan fingerprint density at radius 3 is 3.17 bits per heavy atom. The molecule has 0 aromatic carbocycles. The third-order valence-corrected chi connectivity index (χ3v) is 5.15. The molecule has 2 atom stereocenters. The number of pyridine rings is 1. The molecule has 2 aromatic heterocycles. The Hall–Kier alpha value is -2.40. The van der Waals surface area contributed by atoms with Crippen molar-refractivity contribution >= 4 is 22.6 Å². The van der Waals surface area contributed by atoms with E-state index < -0.39 is 0 Å². The van der Waals surface area contributed by atoms with E-state index in [2.05, 4.69) is 21.4 Å². The second-order valence-corrected chi connectivity index (χ2v) is 6.68. The molecule has 1 saturated carbocycles. The number of amides is 1. The number of fused-ring (bicyclic) bond motifs is 2. The monoisotopic (exact) mass is 322 g/mol. The number of H-pyrrole nitrogens is 1. The number of nitrogens with zero attached hydrogens (tertiary/aromatic N) is 1. The van der Waals surface area contributed by atoms with E-state index in [9.17, 15) is 4.79 Å². The smallest absolute Gasteiger partial charge is 0.255 e. The number of carbonyl (C=O) groups is 1. The van der Waals surface area contributed by atoms with E-state index in [1.165, 1.54) is 18.4 Å². The van der Waals surface area contributed by atoms with Gasteiger partial charge in [-0.25, -0.2) is 4.98 Å². The van der Waals surface area contributed by atoms with Gasteiger partial charge in [-0.15, -0.1) is 0 Å². The van der Waals surface area contributed by atoms with Crippen LogP contribution in [0.5, 0.6) is 0 Å². The summed E-state index contributed by atoms with van der Waals surface area (Å²) in [4.78, 5) is 20.0. The summed E-state index contributed by atoms with van der Waals surface area (Å²) in [5.74, 6) is 0.342. The van der Waals surface area contributed by atoms with Crippen molar-refractivity contribution in [1.82, 2.24) is 9.97 Å². The zero-order valence-corrected chi connectivity index (χ0v) is 13.6. The van der Waals surface area contributed by atoms with Gasteiger partial charge in [0.05, 0.1) is 5.69 Å². The third-order valence-electron chi connectivity index (χ3n) is 5.15. The molecule has 2 aliphatic rings. The van der Waals surface area contributed by atoms with E-state index in [-0.39, 0.29) is 11.9 Å². The number of nitrogens with two attached hydrogens (primary N) is 1. The number of hydrogen-bond donors (Lipinski definition) is 3. The van der Waals surface area contributed by atoms with Crippen LogP contribution in [0.4, 0.5) is 5.69 Å². The molecule has 0 saturated heterocycles. The van der Waals surface area contributed by atoms with Gasteiger partial charge in [0, 0.05) is 29.4 Å². The summed E-state index contributed by atoms with van der Waals surface area (Å²) in [6.45, 7) is 0. The van der Waals surface area contributed by atoms with Gasteiger partial charge in [-0.2, -0.15) is 0 Å². The van der Waals surface area contributed by atoms with Crippen LogP contribution in [0.2, 0.25) is 0 Å². The van der Waals surface area contributed by atoms with E-state index in [1.54, 1.807) is 6.20 Å². The second kappa shape index (κ2) is 6.24. The Kier molecular flexibility index (Phi) is 3.94. The molecule has 1 fully saturated rings. The zero-order chi connectivity index (χ0) is 16.5. The number of aromatic nitrogens is 2. The first-order chi connectivity index (χ1) is 11.7. The van der Waals surface area contributed by atoms with Crippen molar-refractivity contribution < 1.29 is 4.79 Å². The van der Waals surface area contributed by atoms with Crippen molar-refractivity contribution in [3.05, 3.63) is 47.8 Å². The topological polar surface area (TPSA) is 83.8 Å². The van der Waals surface area contributed by atoms with Crippen LogP contribution in [0.1, 0.15) is 32.1 Å². The van der Waals surface area contributed by atoms with Crippen molar-refractivity contribution in [1.29, 1.82) is 0 Å². The molecule has 124 valence electrons. The van der Waals surface area contributed by atoms with Gasteiger partial charge in [-0.3, -0.25) is 4.79 Å². The molecule has 0 radical (unpaired) electrons. The van der Waals surface area contributed by atoms with Gasteiger partial charge >= 0.3 is 0 Å². The van der Waals surface area contributed by atoms with Crippen LogP contribution in [0.3, 0.4) is 0 Å². The van der Waals surface area contributed by atoms with Crippen LogP contribution in [-0.4, -0.2) is 21.9 Å². The number of anilines is 1. The van der Waals surface area contributed by atoms with Gasteiger partial charge in [0.15, 0.2) is 0 Å². The maximum Gasteiger partial charge on any atom is 0.255 e. The lowest BCUT2D eigenvalue weighted by molar-refractivity contribution is -0.112. The lowest BCUT2D eigenvalue weighted by atomic mass is 9.82. The van der Waals surface area contributed by atoms with E-state index in [0.29, 0.717) is 5.92 Å². The Morgan fingerprint density at radius 1 is 1.33 bits per heavy atom. The molecular weight excluding hydrogens is 300 g/mol. The number of aromatic amines is 1. The van der Waals surface area contributed by atoms with Gasteiger partial charge in [0.1, 0.15) is 5.65 Å². The highest BCUT2D eigenvalue weighted by Gasteiger charge is 2.27. The molecule has 4 rings (SSSR count). The summed E-state index contributed by atoms with van der Waals surface area (Å²) in [5.41, 5.74) is 9.95. The molecule has 2 aromatic rings. The summed E-state index contributed by atoms with van der Waals surface area (Å²) in [7, 11) is 0. The number of rotatable bonds is 2. The van der Waals surface area contributed by atoms with Crippen LogP contribution in [-0.2, 0) is 4.79 Å². The van der Waals surface area contributed by atoms with Crippen LogP contribution >= 0.6 is 0 Å². The number of hydrogen-bond acceptors (Lipinski definition) is 3. The Labute approximate surface area is 141 Å². The van der Waals surface area contributed by atoms with Gasteiger partial charge in [-0.1, -0.05) is 24.1 Å². The van der Waals surface area contributed by atoms with Crippen molar-refractivity contribution in [2.75, 3.05) is 5.32 Å². The van der Waals surface area contributed by atoms with Crippen LogP contribution in [0.25, 0.3) is 11.0 Å². The SMILES string of the molecule is N[C@H]1CCCCC2=CC(C(=O)Nc3ccnc4[nH]ccc34)=CCC21. The molecule has 0 aliphatic heterocycles. The Morgan fingerprint density at radius 2 is 2.25 bits per heavy atom. The Balaban J connectivity index is 1.56. The number of nitrogens with one attached hydrogen (secondary N) is 2. The molecule has 5 nitrogen and oxygen atoms in total. The van der Waals surface area contributed by atoms with Crippen molar-refractivity contribution in [3.63, 3.8) is 0 Å². The molecular formula is C19H22N4O. The van der Waals surface area contributed by atoms with E-state index in [4.69, 9.17) is 5.73 Å². The van der Waals surface area contributed by atoms with E-state index in [1.807, 2.05) is 24.4 Å². The van der Waals surface area contributed by atoms with Crippen LogP contribution in [0, 0.1) is 5.92 Å². The lowest BCUT2D eigenvalue weighted by Gasteiger charge is -2.26. The molecule has 0 spiro atoms. The van der Waals surface area contributed by atoms with Crippen LogP contribution in [0.15, 0.2) is 47.8 Å². The third kappa shape index (κ3) is 2.76. The Bertz CT molecular complexity index is 833. The fourth-order valence-electron chi connectivity index (χ4n) is 3.81. The zero-order valence-electron chi connectivity index (χ0n) is 13.6. The predicted molar refractivity (Wildman–Crippen MR) is 95.4 cm³/mol. The maximum absolute atomic E-state index is 12.7. The molecule has 24 heavy (non-hydrogen) atoms. The molecule has 4 N–H and O–H groups in total. The van der Waals surface area contributed by atoms with Crippen molar-refractivity contribution in [2.24, 2.45) is 11.7 Å². The molecule has 2 aliphatic carbocycles. The number of carbonyl (C=O) groups excluding carboxylic acids is 1. The minimum atomic E-state index is -0.0625. The maximum atomic E-state index is 12.7. The molecule has 1 amide bonds. The first-order valence-electron chi connectivity index (χ1n) is 8.62. The average molecular weight is 322 g/mol. The fourth-order valence-corrected chi connectivity index (χ4v) is 3.81. The largest absolute Gasteiger partial charge is 0.346 e.